The standard InChI is InChI=1S/C19H20N2O3/c1-12-6-4-9-16(13(12)2)20-17-11-18(22)21(19(17)23)14-7-5-8-15(10-14)24-3/h4-10,17,20H,11H2,1-3H3/t17-/m0/s1. The molecule has 1 aliphatic rings. The van der Waals surface area contributed by atoms with Crippen molar-refractivity contribution in [3.8, 4) is 5.75 Å². The van der Waals surface area contributed by atoms with Gasteiger partial charge in [-0.3, -0.25) is 9.59 Å². The van der Waals surface area contributed by atoms with E-state index in [4.69, 9.17) is 4.74 Å². The lowest BCUT2D eigenvalue weighted by molar-refractivity contribution is -0.121. The number of carbonyl (C=O) groups is 2. The van der Waals surface area contributed by atoms with Gasteiger partial charge in [-0.15, -0.1) is 0 Å². The number of benzene rings is 2. The Morgan fingerprint density at radius 3 is 2.62 bits per heavy atom. The fourth-order valence-electron chi connectivity index (χ4n) is 2.86. The lowest BCUT2D eigenvalue weighted by Gasteiger charge is -2.18. The van der Waals surface area contributed by atoms with Crippen molar-refractivity contribution in [2.75, 3.05) is 17.3 Å². The maximum absolute atomic E-state index is 12.7. The van der Waals surface area contributed by atoms with Gasteiger partial charge in [0.2, 0.25) is 5.91 Å². The highest BCUT2D eigenvalue weighted by molar-refractivity contribution is 6.23. The fraction of sp³-hybridized carbons (Fsp3) is 0.263. The SMILES string of the molecule is COc1cccc(N2C(=O)C[C@H](Nc3cccc(C)c3C)C2=O)c1. The molecule has 0 radical (unpaired) electrons. The number of ether oxygens (including phenoxy) is 1. The molecule has 0 bridgehead atoms. The predicted octanol–water partition coefficient (Wildman–Crippen LogP) is 3.06. The van der Waals surface area contributed by atoms with Gasteiger partial charge in [0, 0.05) is 11.8 Å². The van der Waals surface area contributed by atoms with Crippen molar-refractivity contribution >= 4 is 23.2 Å². The summed E-state index contributed by atoms with van der Waals surface area (Å²) in [5, 5.41) is 3.22. The number of anilines is 2. The van der Waals surface area contributed by atoms with Gasteiger partial charge in [-0.25, -0.2) is 4.90 Å². The van der Waals surface area contributed by atoms with Crippen LogP contribution in [0.5, 0.6) is 5.75 Å². The van der Waals surface area contributed by atoms with Crippen LogP contribution in [0.15, 0.2) is 42.5 Å². The number of rotatable bonds is 4. The van der Waals surface area contributed by atoms with Crippen LogP contribution in [-0.4, -0.2) is 25.0 Å². The number of hydrogen-bond donors (Lipinski definition) is 1. The number of carbonyl (C=O) groups excluding carboxylic acids is 2. The quantitative estimate of drug-likeness (QED) is 0.878. The van der Waals surface area contributed by atoms with E-state index in [1.54, 1.807) is 31.4 Å². The van der Waals surface area contributed by atoms with Crippen molar-refractivity contribution in [2.45, 2.75) is 26.3 Å². The zero-order valence-corrected chi connectivity index (χ0v) is 14.0. The van der Waals surface area contributed by atoms with Gasteiger partial charge < -0.3 is 10.1 Å². The van der Waals surface area contributed by atoms with Crippen LogP contribution < -0.4 is 15.0 Å². The minimum atomic E-state index is -0.552. The smallest absolute Gasteiger partial charge is 0.256 e. The first-order chi connectivity index (χ1) is 11.5. The van der Waals surface area contributed by atoms with Crippen LogP contribution in [0.4, 0.5) is 11.4 Å². The molecule has 3 rings (SSSR count). The van der Waals surface area contributed by atoms with Crippen LogP contribution in [0.25, 0.3) is 0 Å². The Balaban J connectivity index is 1.85. The molecule has 0 aromatic heterocycles. The number of hydrogen-bond acceptors (Lipinski definition) is 4. The lowest BCUT2D eigenvalue weighted by Crippen LogP contribution is -2.34. The van der Waals surface area contributed by atoms with E-state index >= 15 is 0 Å². The third kappa shape index (κ3) is 2.85. The molecule has 5 heteroatoms. The second-order valence-electron chi connectivity index (χ2n) is 5.92. The molecule has 1 aliphatic heterocycles. The molecule has 1 fully saturated rings. The molecule has 1 saturated heterocycles. The Labute approximate surface area is 141 Å². The fourth-order valence-corrected chi connectivity index (χ4v) is 2.86. The van der Waals surface area contributed by atoms with E-state index in [0.29, 0.717) is 11.4 Å². The first kappa shape index (κ1) is 16.1. The van der Waals surface area contributed by atoms with Gasteiger partial charge in [0.1, 0.15) is 11.8 Å². The second kappa shape index (κ2) is 6.35. The summed E-state index contributed by atoms with van der Waals surface area (Å²) in [4.78, 5) is 26.3. The molecule has 1 N–H and O–H groups in total. The lowest BCUT2D eigenvalue weighted by atomic mass is 10.1. The number of amides is 2. The third-order valence-corrected chi connectivity index (χ3v) is 4.39. The minimum Gasteiger partial charge on any atom is -0.497 e. The van der Waals surface area contributed by atoms with Crippen molar-refractivity contribution in [1.82, 2.24) is 0 Å². The Hall–Kier alpha value is -2.82. The van der Waals surface area contributed by atoms with Crippen LogP contribution in [0, 0.1) is 13.8 Å². The highest BCUT2D eigenvalue weighted by Gasteiger charge is 2.39. The molecule has 1 heterocycles. The molecule has 2 aromatic rings. The summed E-state index contributed by atoms with van der Waals surface area (Å²) in [6, 6.07) is 12.3. The average molecular weight is 324 g/mol. The molecule has 0 unspecified atom stereocenters. The Bertz CT molecular complexity index is 801. The van der Waals surface area contributed by atoms with Crippen molar-refractivity contribution in [2.24, 2.45) is 0 Å². The van der Waals surface area contributed by atoms with Crippen molar-refractivity contribution in [3.05, 3.63) is 53.6 Å². The molecule has 0 saturated carbocycles. The van der Waals surface area contributed by atoms with E-state index in [0.717, 1.165) is 16.8 Å². The highest BCUT2D eigenvalue weighted by Crippen LogP contribution is 2.28. The van der Waals surface area contributed by atoms with E-state index < -0.39 is 6.04 Å². The summed E-state index contributed by atoms with van der Waals surface area (Å²) in [5.41, 5.74) is 3.64. The largest absolute Gasteiger partial charge is 0.497 e. The summed E-state index contributed by atoms with van der Waals surface area (Å²) in [5.74, 6) is 0.157. The maximum Gasteiger partial charge on any atom is 0.256 e. The molecule has 2 amide bonds. The van der Waals surface area contributed by atoms with Crippen LogP contribution >= 0.6 is 0 Å². The molecule has 124 valence electrons. The zero-order valence-electron chi connectivity index (χ0n) is 14.0. The van der Waals surface area contributed by atoms with Crippen LogP contribution in [-0.2, 0) is 9.59 Å². The van der Waals surface area contributed by atoms with Gasteiger partial charge >= 0.3 is 0 Å². The number of imide groups is 1. The van der Waals surface area contributed by atoms with E-state index in [9.17, 15) is 9.59 Å². The molecule has 2 aromatic carbocycles. The molecule has 0 spiro atoms. The van der Waals surface area contributed by atoms with Crippen LogP contribution in [0.3, 0.4) is 0 Å². The number of nitrogens with one attached hydrogen (secondary N) is 1. The summed E-state index contributed by atoms with van der Waals surface area (Å²) < 4.78 is 5.17. The number of nitrogens with zero attached hydrogens (tertiary/aromatic N) is 1. The normalized spacial score (nSPS) is 17.3. The van der Waals surface area contributed by atoms with Gasteiger partial charge in [-0.05, 0) is 43.2 Å². The second-order valence-corrected chi connectivity index (χ2v) is 5.92. The predicted molar refractivity (Wildman–Crippen MR) is 93.4 cm³/mol. The number of aryl methyl sites for hydroxylation is 1. The van der Waals surface area contributed by atoms with E-state index in [2.05, 4.69) is 5.32 Å². The third-order valence-electron chi connectivity index (χ3n) is 4.39. The van der Waals surface area contributed by atoms with Gasteiger partial charge in [0.05, 0.1) is 19.2 Å². The van der Waals surface area contributed by atoms with Crippen LogP contribution in [0.1, 0.15) is 17.5 Å². The monoisotopic (exact) mass is 324 g/mol. The molecule has 0 aliphatic carbocycles. The molecule has 5 nitrogen and oxygen atoms in total. The Kier molecular flexibility index (Phi) is 4.25. The van der Waals surface area contributed by atoms with Gasteiger partial charge in [0.15, 0.2) is 0 Å². The summed E-state index contributed by atoms with van der Waals surface area (Å²) in [6.07, 6.45) is 0.142. The molecule has 1 atom stereocenters. The van der Waals surface area contributed by atoms with Crippen molar-refractivity contribution in [3.63, 3.8) is 0 Å². The van der Waals surface area contributed by atoms with Crippen molar-refractivity contribution < 1.29 is 14.3 Å². The molecular weight excluding hydrogens is 304 g/mol. The first-order valence-corrected chi connectivity index (χ1v) is 7.85. The minimum absolute atomic E-state index is 0.142. The number of methoxy groups -OCH3 is 1. The highest BCUT2D eigenvalue weighted by atomic mass is 16.5. The van der Waals surface area contributed by atoms with Gasteiger partial charge in [-0.2, -0.15) is 0 Å². The Morgan fingerprint density at radius 1 is 1.12 bits per heavy atom. The van der Waals surface area contributed by atoms with Crippen LogP contribution in [0.2, 0.25) is 0 Å². The Morgan fingerprint density at radius 2 is 1.88 bits per heavy atom. The maximum atomic E-state index is 12.7. The topological polar surface area (TPSA) is 58.6 Å². The summed E-state index contributed by atoms with van der Waals surface area (Å²) in [7, 11) is 1.55. The first-order valence-electron chi connectivity index (χ1n) is 7.85. The molecular formula is C19H20N2O3. The van der Waals surface area contributed by atoms with Crippen molar-refractivity contribution in [1.29, 1.82) is 0 Å². The van der Waals surface area contributed by atoms with E-state index in [-0.39, 0.29) is 18.2 Å². The zero-order chi connectivity index (χ0) is 17.3. The average Bonchev–Trinajstić information content (AvgIpc) is 2.85. The summed E-state index contributed by atoms with van der Waals surface area (Å²) >= 11 is 0. The van der Waals surface area contributed by atoms with E-state index in [1.165, 1.54) is 4.90 Å². The van der Waals surface area contributed by atoms with Gasteiger partial charge in [-0.1, -0.05) is 18.2 Å². The summed E-state index contributed by atoms with van der Waals surface area (Å²) in [6.45, 7) is 4.02. The molecule has 24 heavy (non-hydrogen) atoms. The van der Waals surface area contributed by atoms with E-state index in [1.807, 2.05) is 32.0 Å². The van der Waals surface area contributed by atoms with Gasteiger partial charge in [0.25, 0.3) is 5.91 Å².